The van der Waals surface area contributed by atoms with Crippen molar-refractivity contribution in [2.75, 3.05) is 12.4 Å². The summed E-state index contributed by atoms with van der Waals surface area (Å²) in [6.45, 7) is 0. The predicted octanol–water partition coefficient (Wildman–Crippen LogP) is 4.55. The SMILES string of the molecule is COc1ccccc1CC(=O)Nc1ccc(-c2nc3cccnc3s2)cc1. The Bertz CT molecular complexity index is 1060. The van der Waals surface area contributed by atoms with E-state index in [1.54, 1.807) is 24.6 Å². The van der Waals surface area contributed by atoms with E-state index in [0.717, 1.165) is 32.2 Å². The monoisotopic (exact) mass is 375 g/mol. The largest absolute Gasteiger partial charge is 0.496 e. The molecular weight excluding hydrogens is 358 g/mol. The number of aromatic nitrogens is 2. The Morgan fingerprint density at radius 3 is 2.67 bits per heavy atom. The van der Waals surface area contributed by atoms with Crippen molar-refractivity contribution >= 4 is 33.3 Å². The number of fused-ring (bicyclic) bond motifs is 1. The van der Waals surface area contributed by atoms with E-state index in [1.807, 2.05) is 60.7 Å². The molecule has 0 saturated heterocycles. The molecule has 1 N–H and O–H groups in total. The molecule has 0 unspecified atom stereocenters. The molecule has 27 heavy (non-hydrogen) atoms. The molecule has 0 aliphatic rings. The lowest BCUT2D eigenvalue weighted by Crippen LogP contribution is -2.14. The quantitative estimate of drug-likeness (QED) is 0.556. The van der Waals surface area contributed by atoms with Crippen molar-refractivity contribution in [3.8, 4) is 16.3 Å². The minimum absolute atomic E-state index is 0.0866. The second-order valence-corrected chi connectivity index (χ2v) is 6.94. The van der Waals surface area contributed by atoms with Crippen molar-refractivity contribution in [2.24, 2.45) is 0 Å². The van der Waals surface area contributed by atoms with Gasteiger partial charge in [0.25, 0.3) is 0 Å². The van der Waals surface area contributed by atoms with Gasteiger partial charge in [0.1, 0.15) is 21.1 Å². The molecule has 0 radical (unpaired) electrons. The van der Waals surface area contributed by atoms with Crippen LogP contribution in [0.15, 0.2) is 66.9 Å². The molecule has 1 amide bonds. The Morgan fingerprint density at radius 2 is 1.89 bits per heavy atom. The molecule has 4 aromatic rings. The molecule has 0 fully saturated rings. The summed E-state index contributed by atoms with van der Waals surface area (Å²) in [6.07, 6.45) is 2.03. The van der Waals surface area contributed by atoms with E-state index in [2.05, 4.69) is 15.3 Å². The number of methoxy groups -OCH3 is 1. The van der Waals surface area contributed by atoms with Crippen LogP contribution >= 0.6 is 11.3 Å². The summed E-state index contributed by atoms with van der Waals surface area (Å²) in [5, 5.41) is 3.84. The maximum Gasteiger partial charge on any atom is 0.228 e. The lowest BCUT2D eigenvalue weighted by Gasteiger charge is -2.09. The molecule has 0 bridgehead atoms. The molecule has 2 aromatic carbocycles. The van der Waals surface area contributed by atoms with Crippen LogP contribution < -0.4 is 10.1 Å². The molecular formula is C21H17N3O2S. The van der Waals surface area contributed by atoms with Crippen molar-refractivity contribution < 1.29 is 9.53 Å². The van der Waals surface area contributed by atoms with Gasteiger partial charge in [-0.3, -0.25) is 4.79 Å². The smallest absolute Gasteiger partial charge is 0.228 e. The molecule has 4 rings (SSSR count). The summed E-state index contributed by atoms with van der Waals surface area (Å²) >= 11 is 1.55. The van der Waals surface area contributed by atoms with E-state index in [-0.39, 0.29) is 12.3 Å². The van der Waals surface area contributed by atoms with Gasteiger partial charge in [-0.1, -0.05) is 29.5 Å². The molecule has 2 heterocycles. The Kier molecular flexibility index (Phi) is 4.80. The molecule has 0 saturated carbocycles. The number of amides is 1. The highest BCUT2D eigenvalue weighted by atomic mass is 32.1. The number of nitrogens with zero attached hydrogens (tertiary/aromatic N) is 2. The van der Waals surface area contributed by atoms with Gasteiger partial charge in [-0.2, -0.15) is 0 Å². The zero-order valence-corrected chi connectivity index (χ0v) is 15.5. The first-order valence-electron chi connectivity index (χ1n) is 8.46. The normalized spacial score (nSPS) is 10.7. The van der Waals surface area contributed by atoms with E-state index < -0.39 is 0 Å². The Hall–Kier alpha value is -3.25. The first kappa shape index (κ1) is 17.2. The first-order chi connectivity index (χ1) is 13.2. The van der Waals surface area contributed by atoms with Crippen molar-refractivity contribution in [1.82, 2.24) is 9.97 Å². The zero-order chi connectivity index (χ0) is 18.6. The minimum atomic E-state index is -0.0866. The van der Waals surface area contributed by atoms with Crippen LogP contribution in [0.4, 0.5) is 5.69 Å². The van der Waals surface area contributed by atoms with Gasteiger partial charge < -0.3 is 10.1 Å². The van der Waals surface area contributed by atoms with Gasteiger partial charge in [0.2, 0.25) is 5.91 Å². The lowest BCUT2D eigenvalue weighted by atomic mass is 10.1. The summed E-state index contributed by atoms with van der Waals surface area (Å²) in [5.41, 5.74) is 3.50. The highest BCUT2D eigenvalue weighted by Gasteiger charge is 2.10. The fourth-order valence-corrected chi connectivity index (χ4v) is 3.73. The third-order valence-electron chi connectivity index (χ3n) is 4.13. The van der Waals surface area contributed by atoms with E-state index in [0.29, 0.717) is 5.75 Å². The maximum absolute atomic E-state index is 12.3. The van der Waals surface area contributed by atoms with E-state index in [4.69, 9.17) is 4.74 Å². The van der Waals surface area contributed by atoms with Crippen molar-refractivity contribution in [1.29, 1.82) is 0 Å². The number of anilines is 1. The molecule has 5 nitrogen and oxygen atoms in total. The number of hydrogen-bond donors (Lipinski definition) is 1. The standard InChI is InChI=1S/C21H17N3O2S/c1-26-18-7-3-2-5-15(18)13-19(25)23-16-10-8-14(9-11-16)20-24-17-6-4-12-22-21(17)27-20/h2-12H,13H2,1H3,(H,23,25). The van der Waals surface area contributed by atoms with Crippen molar-refractivity contribution in [3.63, 3.8) is 0 Å². The molecule has 0 spiro atoms. The van der Waals surface area contributed by atoms with E-state index in [9.17, 15) is 4.79 Å². The van der Waals surface area contributed by atoms with E-state index in [1.165, 1.54) is 0 Å². The fraction of sp³-hybridized carbons (Fsp3) is 0.0952. The fourth-order valence-electron chi connectivity index (χ4n) is 2.82. The summed E-state index contributed by atoms with van der Waals surface area (Å²) in [6, 6.07) is 19.0. The van der Waals surface area contributed by atoms with Gasteiger partial charge in [0.05, 0.1) is 13.5 Å². The van der Waals surface area contributed by atoms with Gasteiger partial charge in [-0.05, 0) is 42.5 Å². The van der Waals surface area contributed by atoms with E-state index >= 15 is 0 Å². The maximum atomic E-state index is 12.3. The number of ether oxygens (including phenoxy) is 1. The molecule has 0 aliphatic heterocycles. The van der Waals surface area contributed by atoms with Crippen molar-refractivity contribution in [2.45, 2.75) is 6.42 Å². The van der Waals surface area contributed by atoms with Crippen LogP contribution in [0, 0.1) is 0 Å². The highest BCUT2D eigenvalue weighted by molar-refractivity contribution is 7.21. The van der Waals surface area contributed by atoms with Crippen LogP contribution in [0.1, 0.15) is 5.56 Å². The average molecular weight is 375 g/mol. The number of pyridine rings is 1. The highest BCUT2D eigenvalue weighted by Crippen LogP contribution is 2.29. The number of para-hydroxylation sites is 1. The number of nitrogens with one attached hydrogen (secondary N) is 1. The lowest BCUT2D eigenvalue weighted by molar-refractivity contribution is -0.115. The summed E-state index contributed by atoms with van der Waals surface area (Å²) in [7, 11) is 1.60. The number of hydrogen-bond acceptors (Lipinski definition) is 5. The van der Waals surface area contributed by atoms with Crippen LogP contribution in [-0.2, 0) is 11.2 Å². The Morgan fingerprint density at radius 1 is 1.07 bits per heavy atom. The van der Waals surface area contributed by atoms with Gasteiger partial charge in [0, 0.05) is 23.0 Å². The Balaban J connectivity index is 1.46. The summed E-state index contributed by atoms with van der Waals surface area (Å²) < 4.78 is 5.30. The zero-order valence-electron chi connectivity index (χ0n) is 14.7. The third kappa shape index (κ3) is 3.80. The number of carbonyl (C=O) groups excluding carboxylic acids is 1. The predicted molar refractivity (Wildman–Crippen MR) is 108 cm³/mol. The third-order valence-corrected chi connectivity index (χ3v) is 5.15. The minimum Gasteiger partial charge on any atom is -0.496 e. The van der Waals surface area contributed by atoms with Gasteiger partial charge >= 0.3 is 0 Å². The van der Waals surface area contributed by atoms with Crippen LogP contribution in [-0.4, -0.2) is 23.0 Å². The molecule has 134 valence electrons. The van der Waals surface area contributed by atoms with Crippen LogP contribution in [0.25, 0.3) is 20.9 Å². The second kappa shape index (κ2) is 7.55. The van der Waals surface area contributed by atoms with Crippen LogP contribution in [0.2, 0.25) is 0 Å². The van der Waals surface area contributed by atoms with Gasteiger partial charge in [0.15, 0.2) is 0 Å². The van der Waals surface area contributed by atoms with Crippen LogP contribution in [0.3, 0.4) is 0 Å². The number of rotatable bonds is 5. The van der Waals surface area contributed by atoms with Crippen molar-refractivity contribution in [3.05, 3.63) is 72.4 Å². The molecule has 6 heteroatoms. The topological polar surface area (TPSA) is 64.1 Å². The molecule has 2 aromatic heterocycles. The Labute approximate surface area is 160 Å². The number of carbonyl (C=O) groups is 1. The van der Waals surface area contributed by atoms with Gasteiger partial charge in [-0.15, -0.1) is 0 Å². The first-order valence-corrected chi connectivity index (χ1v) is 9.28. The van der Waals surface area contributed by atoms with Crippen LogP contribution in [0.5, 0.6) is 5.75 Å². The van der Waals surface area contributed by atoms with Gasteiger partial charge in [-0.25, -0.2) is 9.97 Å². The number of thiazole rings is 1. The molecule has 0 aliphatic carbocycles. The molecule has 0 atom stereocenters. The average Bonchev–Trinajstić information content (AvgIpc) is 3.13. The summed E-state index contributed by atoms with van der Waals surface area (Å²) in [4.78, 5) is 22.2. The summed E-state index contributed by atoms with van der Waals surface area (Å²) in [5.74, 6) is 0.629. The number of benzene rings is 2. The second-order valence-electron chi connectivity index (χ2n) is 5.96.